The predicted molar refractivity (Wildman–Crippen MR) is 114 cm³/mol. The van der Waals surface area contributed by atoms with Gasteiger partial charge in [0.2, 0.25) is 0 Å². The fourth-order valence-electron chi connectivity index (χ4n) is 5.12. The summed E-state index contributed by atoms with van der Waals surface area (Å²) in [6, 6.07) is 10.0. The largest absolute Gasteiger partial charge is 0.364 e. The lowest BCUT2D eigenvalue weighted by Gasteiger charge is -2.47. The Hall–Kier alpha value is -2.18. The summed E-state index contributed by atoms with van der Waals surface area (Å²) >= 11 is 1.75. The quantitative estimate of drug-likeness (QED) is 0.718. The van der Waals surface area contributed by atoms with Crippen LogP contribution in [0.25, 0.3) is 21.3 Å². The minimum atomic E-state index is -0.448. The third-order valence-electron chi connectivity index (χ3n) is 6.62. The fourth-order valence-corrected chi connectivity index (χ4v) is 6.02. The first kappa shape index (κ1) is 17.9. The second-order valence-corrected chi connectivity index (χ2v) is 9.32. The summed E-state index contributed by atoms with van der Waals surface area (Å²) in [4.78, 5) is 15.9. The van der Waals surface area contributed by atoms with Crippen molar-refractivity contribution < 1.29 is 4.79 Å². The predicted octanol–water partition coefficient (Wildman–Crippen LogP) is 4.36. The van der Waals surface area contributed by atoms with Crippen LogP contribution in [0.4, 0.5) is 0 Å². The summed E-state index contributed by atoms with van der Waals surface area (Å²) in [5, 5.41) is 7.77. The molecule has 1 amide bonds. The van der Waals surface area contributed by atoms with Gasteiger partial charge >= 0.3 is 0 Å². The molecule has 0 saturated carbocycles. The van der Waals surface area contributed by atoms with Gasteiger partial charge in [-0.25, -0.2) is 0 Å². The van der Waals surface area contributed by atoms with Gasteiger partial charge in [-0.1, -0.05) is 12.5 Å². The van der Waals surface area contributed by atoms with E-state index in [-0.39, 0.29) is 0 Å². The highest BCUT2D eigenvalue weighted by Gasteiger charge is 2.37. The summed E-state index contributed by atoms with van der Waals surface area (Å²) in [5.74, 6) is -0.448. The summed E-state index contributed by atoms with van der Waals surface area (Å²) in [6.07, 6.45) is 6.01. The lowest BCUT2D eigenvalue weighted by atomic mass is 9.82. The molecule has 0 spiro atoms. The molecule has 2 aliphatic rings. The Balaban J connectivity index is 1.62. The number of hydrogen-bond donors (Lipinski definition) is 1. The molecule has 3 aromatic rings. The molecule has 0 aliphatic carbocycles. The average molecular weight is 395 g/mol. The number of aromatic nitrogens is 2. The lowest BCUT2D eigenvalue weighted by Crippen LogP contribution is -2.50. The normalized spacial score (nSPS) is 25.3. The molecule has 28 heavy (non-hydrogen) atoms. The first-order valence-corrected chi connectivity index (χ1v) is 11.0. The lowest BCUT2D eigenvalue weighted by molar-refractivity contribution is 0.0379. The van der Waals surface area contributed by atoms with E-state index < -0.39 is 5.91 Å². The molecule has 2 atom stereocenters. The van der Waals surface area contributed by atoms with Crippen LogP contribution in [0.2, 0.25) is 0 Å². The molecule has 0 radical (unpaired) electrons. The van der Waals surface area contributed by atoms with Crippen LogP contribution < -0.4 is 5.73 Å². The maximum Gasteiger partial charge on any atom is 0.269 e. The van der Waals surface area contributed by atoms with Crippen LogP contribution in [0.15, 0.2) is 29.6 Å². The molecule has 6 heteroatoms. The molecule has 2 N–H and O–H groups in total. The van der Waals surface area contributed by atoms with E-state index in [9.17, 15) is 4.79 Å². The van der Waals surface area contributed by atoms with Gasteiger partial charge in [-0.15, -0.1) is 11.3 Å². The minimum absolute atomic E-state index is 0.322. The van der Waals surface area contributed by atoms with Gasteiger partial charge in [-0.3, -0.25) is 9.48 Å². The Morgan fingerprint density at radius 1 is 1.18 bits per heavy atom. The van der Waals surface area contributed by atoms with E-state index >= 15 is 0 Å². The molecule has 146 valence electrons. The SMILES string of the molecule is Cc1csc(-c2ccc3c(C(N)=O)nn(C4CC5CCCC(C4)N5C)c3c2)c1. The van der Waals surface area contributed by atoms with Crippen LogP contribution in [0.1, 0.15) is 54.2 Å². The third-order valence-corrected chi connectivity index (χ3v) is 7.71. The standard InChI is InChI=1S/C22H26N4OS/c1-13-8-20(28-12-13)14-6-7-18-19(9-14)26(24-21(18)22(23)27)17-10-15-4-3-5-16(11-17)25(15)2/h6-9,12,15-17H,3-5,10-11H2,1-2H3,(H2,23,27). The average Bonchev–Trinajstić information content (AvgIpc) is 3.25. The fraction of sp³-hybridized carbons (Fsp3) is 0.455. The summed E-state index contributed by atoms with van der Waals surface area (Å²) < 4.78 is 2.11. The van der Waals surface area contributed by atoms with Crippen molar-refractivity contribution in [2.24, 2.45) is 5.73 Å². The van der Waals surface area contributed by atoms with Gasteiger partial charge in [0.05, 0.1) is 11.6 Å². The van der Waals surface area contributed by atoms with E-state index in [1.807, 2.05) is 6.07 Å². The third kappa shape index (κ3) is 2.86. The highest BCUT2D eigenvalue weighted by molar-refractivity contribution is 7.13. The Kier molecular flexibility index (Phi) is 4.29. The van der Waals surface area contributed by atoms with Crippen molar-refractivity contribution in [1.82, 2.24) is 14.7 Å². The zero-order valence-corrected chi connectivity index (χ0v) is 17.2. The molecule has 2 unspecified atom stereocenters. The van der Waals surface area contributed by atoms with Gasteiger partial charge < -0.3 is 10.6 Å². The summed E-state index contributed by atoms with van der Waals surface area (Å²) in [7, 11) is 2.26. The molecule has 5 nitrogen and oxygen atoms in total. The molecule has 1 aromatic carbocycles. The maximum absolute atomic E-state index is 12.1. The van der Waals surface area contributed by atoms with Crippen LogP contribution >= 0.6 is 11.3 Å². The number of thiophene rings is 1. The van der Waals surface area contributed by atoms with Crippen molar-refractivity contribution >= 4 is 28.1 Å². The van der Waals surface area contributed by atoms with Gasteiger partial charge in [0, 0.05) is 22.3 Å². The molecular weight excluding hydrogens is 368 g/mol. The van der Waals surface area contributed by atoms with E-state index in [1.165, 1.54) is 35.3 Å². The Morgan fingerprint density at radius 3 is 2.57 bits per heavy atom. The van der Waals surface area contributed by atoms with Crippen molar-refractivity contribution in [3.63, 3.8) is 0 Å². The molecule has 4 heterocycles. The van der Waals surface area contributed by atoms with Crippen molar-refractivity contribution in [1.29, 1.82) is 0 Å². The van der Waals surface area contributed by atoms with Crippen molar-refractivity contribution in [3.05, 3.63) is 40.9 Å². The van der Waals surface area contributed by atoms with Crippen molar-refractivity contribution in [2.75, 3.05) is 7.05 Å². The Bertz CT molecular complexity index is 1040. The van der Waals surface area contributed by atoms with Crippen LogP contribution in [0.5, 0.6) is 0 Å². The second kappa shape index (κ2) is 6.71. The number of benzene rings is 1. The molecule has 5 rings (SSSR count). The van der Waals surface area contributed by atoms with Crippen LogP contribution in [-0.2, 0) is 0 Å². The van der Waals surface area contributed by atoms with E-state index in [0.717, 1.165) is 23.7 Å². The number of nitrogens with two attached hydrogens (primary N) is 1. The molecule has 2 saturated heterocycles. The van der Waals surface area contributed by atoms with Gasteiger partial charge in [0.1, 0.15) is 0 Å². The smallest absolute Gasteiger partial charge is 0.269 e. The zero-order valence-electron chi connectivity index (χ0n) is 16.4. The van der Waals surface area contributed by atoms with Gasteiger partial charge in [0.15, 0.2) is 5.69 Å². The molecule has 2 bridgehead atoms. The van der Waals surface area contributed by atoms with Crippen molar-refractivity contribution in [2.45, 2.75) is 57.2 Å². The molecule has 2 aromatic heterocycles. The summed E-state index contributed by atoms with van der Waals surface area (Å²) in [6.45, 7) is 2.12. The number of hydrogen-bond acceptors (Lipinski definition) is 4. The van der Waals surface area contributed by atoms with Crippen molar-refractivity contribution in [3.8, 4) is 10.4 Å². The van der Waals surface area contributed by atoms with E-state index in [0.29, 0.717) is 23.8 Å². The second-order valence-electron chi connectivity index (χ2n) is 8.41. The van der Waals surface area contributed by atoms with Crippen LogP contribution in [-0.4, -0.2) is 39.7 Å². The number of fused-ring (bicyclic) bond motifs is 3. The Labute approximate surface area is 169 Å². The van der Waals surface area contributed by atoms with Gasteiger partial charge in [0.25, 0.3) is 5.91 Å². The number of carbonyl (C=O) groups is 1. The highest BCUT2D eigenvalue weighted by atomic mass is 32.1. The molecule has 2 aliphatic heterocycles. The topological polar surface area (TPSA) is 64.2 Å². The Morgan fingerprint density at radius 2 is 1.93 bits per heavy atom. The highest BCUT2D eigenvalue weighted by Crippen LogP contribution is 2.40. The number of piperidine rings is 2. The number of aryl methyl sites for hydroxylation is 1. The van der Waals surface area contributed by atoms with Gasteiger partial charge in [-0.2, -0.15) is 5.10 Å². The molecule has 2 fully saturated rings. The molecular formula is C22H26N4OS. The van der Waals surface area contributed by atoms with Crippen LogP contribution in [0, 0.1) is 6.92 Å². The van der Waals surface area contributed by atoms with E-state index in [1.54, 1.807) is 11.3 Å². The van der Waals surface area contributed by atoms with E-state index in [2.05, 4.69) is 47.1 Å². The first-order valence-electron chi connectivity index (χ1n) is 10.1. The van der Waals surface area contributed by atoms with Crippen LogP contribution in [0.3, 0.4) is 0 Å². The maximum atomic E-state index is 12.1. The number of primary amides is 1. The first-order chi connectivity index (χ1) is 13.5. The number of nitrogens with zero attached hydrogens (tertiary/aromatic N) is 3. The number of rotatable bonds is 3. The van der Waals surface area contributed by atoms with Gasteiger partial charge in [-0.05, 0) is 74.4 Å². The monoisotopic (exact) mass is 394 g/mol. The van der Waals surface area contributed by atoms with E-state index in [4.69, 9.17) is 10.8 Å². The summed E-state index contributed by atoms with van der Waals surface area (Å²) in [5.41, 5.74) is 9.55. The number of carbonyl (C=O) groups excluding carboxylic acids is 1. The minimum Gasteiger partial charge on any atom is -0.364 e. The zero-order chi connectivity index (χ0) is 19.4. The number of amides is 1.